The largest absolute Gasteiger partial charge is 0.344 e. The van der Waals surface area contributed by atoms with Gasteiger partial charge in [0, 0.05) is 17.8 Å². The van der Waals surface area contributed by atoms with Crippen LogP contribution in [0.15, 0.2) is 6.33 Å². The molecule has 1 aliphatic rings. The molecule has 0 radical (unpaired) electrons. The van der Waals surface area contributed by atoms with Gasteiger partial charge in [0.25, 0.3) is 0 Å². The fraction of sp³-hybridized carbons (Fsp3) is 0.462. The maximum atomic E-state index is 9.02. The summed E-state index contributed by atoms with van der Waals surface area (Å²) in [7, 11) is 0. The van der Waals surface area contributed by atoms with Gasteiger partial charge >= 0.3 is 0 Å². The van der Waals surface area contributed by atoms with Gasteiger partial charge in [0.05, 0.1) is 24.3 Å². The summed E-state index contributed by atoms with van der Waals surface area (Å²) in [6.45, 7) is 0.987. The maximum Gasteiger partial charge on any atom is 0.153 e. The van der Waals surface area contributed by atoms with Crippen molar-refractivity contribution >= 4 is 23.3 Å². The van der Waals surface area contributed by atoms with E-state index in [1.54, 1.807) is 6.33 Å². The first-order chi connectivity index (χ1) is 8.83. The van der Waals surface area contributed by atoms with Gasteiger partial charge in [-0.1, -0.05) is 18.6 Å². The van der Waals surface area contributed by atoms with E-state index in [-0.39, 0.29) is 0 Å². The van der Waals surface area contributed by atoms with E-state index in [1.165, 1.54) is 25.0 Å². The number of H-pyrrole nitrogens is 1. The summed E-state index contributed by atoms with van der Waals surface area (Å²) in [6, 6.07) is 2.26. The number of nitriles is 1. The third-order valence-electron chi connectivity index (χ3n) is 3.63. The number of aromatic amines is 1. The van der Waals surface area contributed by atoms with Gasteiger partial charge in [-0.25, -0.2) is 4.98 Å². The Morgan fingerprint density at radius 2 is 2.33 bits per heavy atom. The molecule has 4 nitrogen and oxygen atoms in total. The Morgan fingerprint density at radius 3 is 3.17 bits per heavy atom. The number of fused-ring (bicyclic) bond motifs is 3. The number of hydrogen-bond donors (Lipinski definition) is 1. The van der Waals surface area contributed by atoms with Crippen LogP contribution >= 0.6 is 12.2 Å². The smallest absolute Gasteiger partial charge is 0.153 e. The van der Waals surface area contributed by atoms with Crippen LogP contribution < -0.4 is 0 Å². The van der Waals surface area contributed by atoms with Crippen LogP contribution in [-0.4, -0.2) is 14.5 Å². The molecule has 0 aromatic carbocycles. The molecule has 92 valence electrons. The molecule has 3 rings (SSSR count). The Labute approximate surface area is 110 Å². The summed E-state index contributed by atoms with van der Waals surface area (Å²) in [5.41, 5.74) is 4.41. The summed E-state index contributed by atoms with van der Waals surface area (Å²) in [4.78, 5) is 7.35. The molecule has 0 saturated carbocycles. The lowest BCUT2D eigenvalue weighted by molar-refractivity contribution is 0.647. The van der Waals surface area contributed by atoms with Crippen molar-refractivity contribution < 1.29 is 0 Å². The summed E-state index contributed by atoms with van der Waals surface area (Å²) in [5, 5.41) is 9.02. The highest BCUT2D eigenvalue weighted by Gasteiger charge is 2.19. The molecule has 0 unspecified atom stereocenters. The molecule has 18 heavy (non-hydrogen) atoms. The maximum absolute atomic E-state index is 9.02. The van der Waals surface area contributed by atoms with E-state index < -0.39 is 0 Å². The van der Waals surface area contributed by atoms with Gasteiger partial charge < -0.3 is 9.55 Å². The molecule has 2 aromatic rings. The Balaban J connectivity index is 2.38. The number of aryl methyl sites for hydroxylation is 1. The molecule has 0 bridgehead atoms. The van der Waals surface area contributed by atoms with E-state index in [1.807, 2.05) is 0 Å². The van der Waals surface area contributed by atoms with Crippen LogP contribution in [0.5, 0.6) is 0 Å². The van der Waals surface area contributed by atoms with E-state index in [2.05, 4.69) is 20.6 Å². The molecular weight excluding hydrogens is 244 g/mol. The molecule has 3 heterocycles. The van der Waals surface area contributed by atoms with Crippen molar-refractivity contribution in [3.05, 3.63) is 22.2 Å². The average molecular weight is 258 g/mol. The van der Waals surface area contributed by atoms with E-state index in [0.29, 0.717) is 11.1 Å². The third-order valence-corrected chi connectivity index (χ3v) is 3.93. The lowest BCUT2D eigenvalue weighted by atomic mass is 10.1. The zero-order valence-electron chi connectivity index (χ0n) is 10.1. The second-order valence-electron chi connectivity index (χ2n) is 4.65. The predicted octanol–water partition coefficient (Wildman–Crippen LogP) is 2.89. The molecule has 0 saturated heterocycles. The molecule has 2 aromatic heterocycles. The highest BCUT2D eigenvalue weighted by atomic mass is 32.1. The van der Waals surface area contributed by atoms with Gasteiger partial charge in [-0.05, 0) is 19.3 Å². The van der Waals surface area contributed by atoms with Gasteiger partial charge in [-0.2, -0.15) is 5.26 Å². The normalized spacial score (nSPS) is 15.1. The number of rotatable bonds is 1. The standard InChI is InChI=1S/C13H14N4S/c14-6-5-9-10-4-2-1-3-7-17(10)12-11(9)15-8-16-13(12)18/h8H,1-5,7H2,(H,15,16,18). The average Bonchev–Trinajstić information content (AvgIpc) is 2.53. The highest BCUT2D eigenvalue weighted by molar-refractivity contribution is 7.71. The van der Waals surface area contributed by atoms with E-state index in [0.717, 1.165) is 29.6 Å². The molecule has 0 aliphatic carbocycles. The summed E-state index contributed by atoms with van der Waals surface area (Å²) in [6.07, 6.45) is 6.71. The fourth-order valence-corrected chi connectivity index (χ4v) is 3.12. The molecule has 1 aliphatic heterocycles. The van der Waals surface area contributed by atoms with E-state index >= 15 is 0 Å². The van der Waals surface area contributed by atoms with Crippen molar-refractivity contribution in [2.75, 3.05) is 0 Å². The minimum atomic E-state index is 0.439. The lowest BCUT2D eigenvalue weighted by Gasteiger charge is -2.05. The second kappa shape index (κ2) is 4.54. The Bertz CT molecular complexity index is 689. The summed E-state index contributed by atoms with van der Waals surface area (Å²) >= 11 is 5.35. The van der Waals surface area contributed by atoms with Crippen LogP contribution in [0, 0.1) is 16.0 Å². The second-order valence-corrected chi connectivity index (χ2v) is 5.04. The Morgan fingerprint density at radius 1 is 1.44 bits per heavy atom. The van der Waals surface area contributed by atoms with Crippen molar-refractivity contribution in [1.29, 1.82) is 5.26 Å². The first-order valence-corrected chi connectivity index (χ1v) is 6.68. The number of nitrogens with zero attached hydrogens (tertiary/aromatic N) is 3. The fourth-order valence-electron chi connectivity index (χ4n) is 2.86. The molecule has 0 spiro atoms. The minimum Gasteiger partial charge on any atom is -0.344 e. The minimum absolute atomic E-state index is 0.439. The van der Waals surface area contributed by atoms with Crippen LogP contribution in [0.1, 0.15) is 30.5 Å². The Hall–Kier alpha value is -1.67. The molecular formula is C13H14N4S. The lowest BCUT2D eigenvalue weighted by Crippen LogP contribution is -2.01. The molecule has 0 fully saturated rings. The summed E-state index contributed by atoms with van der Waals surface area (Å²) < 4.78 is 2.91. The van der Waals surface area contributed by atoms with E-state index in [9.17, 15) is 0 Å². The van der Waals surface area contributed by atoms with Crippen LogP contribution in [0.2, 0.25) is 0 Å². The number of hydrogen-bond acceptors (Lipinski definition) is 3. The van der Waals surface area contributed by atoms with Gasteiger partial charge in [0.15, 0.2) is 4.64 Å². The molecule has 5 heteroatoms. The summed E-state index contributed by atoms with van der Waals surface area (Å²) in [5.74, 6) is 0. The van der Waals surface area contributed by atoms with Crippen LogP contribution in [-0.2, 0) is 19.4 Å². The molecule has 1 N–H and O–H groups in total. The third kappa shape index (κ3) is 1.65. The van der Waals surface area contributed by atoms with Gasteiger partial charge in [-0.3, -0.25) is 0 Å². The zero-order valence-corrected chi connectivity index (χ0v) is 10.9. The quantitative estimate of drug-likeness (QED) is 0.800. The van der Waals surface area contributed by atoms with Crippen LogP contribution in [0.4, 0.5) is 0 Å². The van der Waals surface area contributed by atoms with Gasteiger partial charge in [-0.15, -0.1) is 0 Å². The van der Waals surface area contributed by atoms with Crippen LogP contribution in [0.3, 0.4) is 0 Å². The number of nitrogens with one attached hydrogen (secondary N) is 1. The van der Waals surface area contributed by atoms with Crippen molar-refractivity contribution in [2.45, 2.75) is 38.6 Å². The SMILES string of the molecule is N#CCc1c2n(c3c(=S)nc[nH]c13)CCCCC2. The zero-order chi connectivity index (χ0) is 12.5. The molecule has 0 amide bonds. The first-order valence-electron chi connectivity index (χ1n) is 6.27. The number of aromatic nitrogens is 3. The first kappa shape index (κ1) is 11.4. The van der Waals surface area contributed by atoms with Crippen molar-refractivity contribution in [3.8, 4) is 6.07 Å². The molecule has 0 atom stereocenters. The Kier molecular flexibility index (Phi) is 2.88. The predicted molar refractivity (Wildman–Crippen MR) is 71.8 cm³/mol. The van der Waals surface area contributed by atoms with Gasteiger partial charge in [0.1, 0.15) is 5.52 Å². The highest BCUT2D eigenvalue weighted by Crippen LogP contribution is 2.29. The van der Waals surface area contributed by atoms with Crippen molar-refractivity contribution in [1.82, 2.24) is 14.5 Å². The van der Waals surface area contributed by atoms with E-state index in [4.69, 9.17) is 17.5 Å². The van der Waals surface area contributed by atoms with Crippen molar-refractivity contribution in [3.63, 3.8) is 0 Å². The topological polar surface area (TPSA) is 57.4 Å². The van der Waals surface area contributed by atoms with Gasteiger partial charge in [0.2, 0.25) is 0 Å². The van der Waals surface area contributed by atoms with Crippen LogP contribution in [0.25, 0.3) is 11.0 Å². The monoisotopic (exact) mass is 258 g/mol. The van der Waals surface area contributed by atoms with Crippen molar-refractivity contribution in [2.24, 2.45) is 0 Å².